The Morgan fingerprint density at radius 2 is 2.20 bits per heavy atom. The molecule has 0 radical (unpaired) electrons. The Balaban J connectivity index is 1.81. The molecule has 2 aliphatic rings. The van der Waals surface area contributed by atoms with Gasteiger partial charge in [0, 0.05) is 31.9 Å². The number of carbonyl (C=O) groups is 1. The van der Waals surface area contributed by atoms with Gasteiger partial charge in [0.25, 0.3) is 5.56 Å². The van der Waals surface area contributed by atoms with Crippen LogP contribution in [0.25, 0.3) is 0 Å². The summed E-state index contributed by atoms with van der Waals surface area (Å²) in [7, 11) is 1.74. The van der Waals surface area contributed by atoms with Crippen molar-refractivity contribution in [3.63, 3.8) is 0 Å². The second kappa shape index (κ2) is 5.40. The van der Waals surface area contributed by atoms with Crippen LogP contribution in [-0.4, -0.2) is 29.6 Å². The van der Waals surface area contributed by atoms with Gasteiger partial charge in [0.1, 0.15) is 0 Å². The molecule has 108 valence electrons. The lowest BCUT2D eigenvalue weighted by atomic mass is 9.81. The molecular formula is C15H21N3O2. The zero-order chi connectivity index (χ0) is 14.1. The highest BCUT2D eigenvalue weighted by atomic mass is 16.2. The topological polar surface area (TPSA) is 63.1 Å². The molecule has 1 amide bonds. The van der Waals surface area contributed by atoms with Crippen molar-refractivity contribution in [3.8, 4) is 0 Å². The van der Waals surface area contributed by atoms with Crippen molar-refractivity contribution in [1.29, 1.82) is 0 Å². The normalized spacial score (nSPS) is 26.2. The SMILES string of the molecule is Cn1ccc(C2CCNCC2C(=O)NC2CC2)cc1=O. The summed E-state index contributed by atoms with van der Waals surface area (Å²) >= 11 is 0. The van der Waals surface area contributed by atoms with Crippen LogP contribution >= 0.6 is 0 Å². The minimum atomic E-state index is -0.0727. The standard InChI is InChI=1S/C15H21N3O2/c1-18-7-5-10(8-14(18)19)12-4-6-16-9-13(12)15(20)17-11-2-3-11/h5,7-8,11-13,16H,2-4,6,9H2,1H3,(H,17,20). The smallest absolute Gasteiger partial charge is 0.250 e. The van der Waals surface area contributed by atoms with Crippen LogP contribution in [0.15, 0.2) is 23.1 Å². The molecular weight excluding hydrogens is 254 g/mol. The van der Waals surface area contributed by atoms with Gasteiger partial charge in [-0.2, -0.15) is 0 Å². The molecule has 1 aromatic rings. The second-order valence-electron chi connectivity index (χ2n) is 5.90. The van der Waals surface area contributed by atoms with Gasteiger partial charge in [0.15, 0.2) is 0 Å². The molecule has 0 bridgehead atoms. The summed E-state index contributed by atoms with van der Waals surface area (Å²) in [5.74, 6) is 0.200. The molecule has 1 saturated carbocycles. The van der Waals surface area contributed by atoms with E-state index in [0.717, 1.165) is 31.4 Å². The van der Waals surface area contributed by atoms with E-state index < -0.39 is 0 Å². The molecule has 0 spiro atoms. The minimum Gasteiger partial charge on any atom is -0.353 e. The first-order chi connectivity index (χ1) is 9.65. The fraction of sp³-hybridized carbons (Fsp3) is 0.600. The van der Waals surface area contributed by atoms with E-state index in [1.165, 1.54) is 0 Å². The largest absolute Gasteiger partial charge is 0.353 e. The summed E-state index contributed by atoms with van der Waals surface area (Å²) in [6.07, 6.45) is 4.89. The predicted octanol–water partition coefficient (Wildman–Crippen LogP) is 0.357. The third-order valence-corrected chi connectivity index (χ3v) is 4.30. The maximum absolute atomic E-state index is 12.3. The van der Waals surface area contributed by atoms with E-state index in [4.69, 9.17) is 0 Å². The number of hydrogen-bond acceptors (Lipinski definition) is 3. The van der Waals surface area contributed by atoms with E-state index in [1.54, 1.807) is 23.9 Å². The maximum Gasteiger partial charge on any atom is 0.250 e. The average molecular weight is 275 g/mol. The zero-order valence-corrected chi connectivity index (χ0v) is 11.8. The summed E-state index contributed by atoms with van der Waals surface area (Å²) in [6.45, 7) is 1.59. The first kappa shape index (κ1) is 13.4. The van der Waals surface area contributed by atoms with Gasteiger partial charge in [-0.25, -0.2) is 0 Å². The molecule has 1 saturated heterocycles. The van der Waals surface area contributed by atoms with Gasteiger partial charge < -0.3 is 15.2 Å². The van der Waals surface area contributed by atoms with Crippen molar-refractivity contribution in [2.45, 2.75) is 31.2 Å². The van der Waals surface area contributed by atoms with Gasteiger partial charge in [-0.3, -0.25) is 9.59 Å². The molecule has 0 aromatic carbocycles. The van der Waals surface area contributed by atoms with Crippen LogP contribution < -0.4 is 16.2 Å². The van der Waals surface area contributed by atoms with Gasteiger partial charge in [-0.15, -0.1) is 0 Å². The second-order valence-corrected chi connectivity index (χ2v) is 5.90. The average Bonchev–Trinajstić information content (AvgIpc) is 3.26. The molecule has 2 N–H and O–H groups in total. The summed E-state index contributed by atoms with van der Waals surface area (Å²) in [4.78, 5) is 24.1. The number of hydrogen-bond donors (Lipinski definition) is 2. The van der Waals surface area contributed by atoms with Crippen LogP contribution in [0.3, 0.4) is 0 Å². The third kappa shape index (κ3) is 2.77. The number of nitrogens with one attached hydrogen (secondary N) is 2. The van der Waals surface area contributed by atoms with Crippen LogP contribution in [0.4, 0.5) is 0 Å². The van der Waals surface area contributed by atoms with Crippen LogP contribution in [0.1, 0.15) is 30.7 Å². The summed E-state index contributed by atoms with van der Waals surface area (Å²) in [5, 5.41) is 6.38. The predicted molar refractivity (Wildman–Crippen MR) is 76.6 cm³/mol. The lowest BCUT2D eigenvalue weighted by Gasteiger charge is -2.31. The highest BCUT2D eigenvalue weighted by Crippen LogP contribution is 2.30. The first-order valence-electron chi connectivity index (χ1n) is 7.33. The number of aromatic nitrogens is 1. The number of carbonyl (C=O) groups excluding carboxylic acids is 1. The van der Waals surface area contributed by atoms with E-state index in [9.17, 15) is 9.59 Å². The van der Waals surface area contributed by atoms with Crippen LogP contribution in [-0.2, 0) is 11.8 Å². The van der Waals surface area contributed by atoms with Gasteiger partial charge in [0.2, 0.25) is 5.91 Å². The fourth-order valence-electron chi connectivity index (χ4n) is 2.86. The number of pyridine rings is 1. The van der Waals surface area contributed by atoms with Gasteiger partial charge in [-0.1, -0.05) is 0 Å². The molecule has 1 aromatic heterocycles. The quantitative estimate of drug-likeness (QED) is 0.837. The Hall–Kier alpha value is -1.62. The first-order valence-corrected chi connectivity index (χ1v) is 7.33. The Kier molecular flexibility index (Phi) is 3.61. The van der Waals surface area contributed by atoms with Gasteiger partial charge in [-0.05, 0) is 43.4 Å². The van der Waals surface area contributed by atoms with Crippen molar-refractivity contribution in [1.82, 2.24) is 15.2 Å². The number of aryl methyl sites for hydroxylation is 1. The lowest BCUT2D eigenvalue weighted by molar-refractivity contribution is -0.126. The highest BCUT2D eigenvalue weighted by molar-refractivity contribution is 5.80. The Bertz CT molecular complexity index is 562. The van der Waals surface area contributed by atoms with E-state index >= 15 is 0 Å². The maximum atomic E-state index is 12.3. The minimum absolute atomic E-state index is 0.0117. The molecule has 2 atom stereocenters. The third-order valence-electron chi connectivity index (χ3n) is 4.30. The molecule has 5 heteroatoms. The monoisotopic (exact) mass is 275 g/mol. The molecule has 1 aliphatic heterocycles. The van der Waals surface area contributed by atoms with E-state index in [2.05, 4.69) is 10.6 Å². The Morgan fingerprint density at radius 3 is 2.90 bits per heavy atom. The Morgan fingerprint density at radius 1 is 1.40 bits per heavy atom. The molecule has 2 unspecified atom stereocenters. The number of piperidine rings is 1. The molecule has 1 aliphatic carbocycles. The highest BCUT2D eigenvalue weighted by Gasteiger charge is 2.34. The number of amides is 1. The number of nitrogens with zero attached hydrogens (tertiary/aromatic N) is 1. The van der Waals surface area contributed by atoms with E-state index in [-0.39, 0.29) is 23.3 Å². The van der Waals surface area contributed by atoms with Crippen molar-refractivity contribution < 1.29 is 4.79 Å². The van der Waals surface area contributed by atoms with Gasteiger partial charge in [0.05, 0.1) is 5.92 Å². The Labute approximate surface area is 118 Å². The number of rotatable bonds is 3. The summed E-state index contributed by atoms with van der Waals surface area (Å²) < 4.78 is 1.56. The molecule has 3 rings (SSSR count). The van der Waals surface area contributed by atoms with Crippen LogP contribution in [0.2, 0.25) is 0 Å². The van der Waals surface area contributed by atoms with Crippen LogP contribution in [0.5, 0.6) is 0 Å². The van der Waals surface area contributed by atoms with Gasteiger partial charge >= 0.3 is 0 Å². The lowest BCUT2D eigenvalue weighted by Crippen LogP contribution is -2.45. The molecule has 20 heavy (non-hydrogen) atoms. The zero-order valence-electron chi connectivity index (χ0n) is 11.8. The molecule has 2 fully saturated rings. The van der Waals surface area contributed by atoms with E-state index in [0.29, 0.717) is 12.6 Å². The van der Waals surface area contributed by atoms with Crippen molar-refractivity contribution in [2.24, 2.45) is 13.0 Å². The summed E-state index contributed by atoms with van der Waals surface area (Å²) in [6, 6.07) is 4.02. The fourth-order valence-corrected chi connectivity index (χ4v) is 2.86. The summed E-state index contributed by atoms with van der Waals surface area (Å²) in [5.41, 5.74) is 0.980. The molecule has 2 heterocycles. The molecule has 5 nitrogen and oxygen atoms in total. The van der Waals surface area contributed by atoms with E-state index in [1.807, 2.05) is 6.07 Å². The van der Waals surface area contributed by atoms with Crippen LogP contribution in [0, 0.1) is 5.92 Å². The van der Waals surface area contributed by atoms with Crippen molar-refractivity contribution >= 4 is 5.91 Å². The van der Waals surface area contributed by atoms with Crippen molar-refractivity contribution in [2.75, 3.05) is 13.1 Å². The van der Waals surface area contributed by atoms with Crippen molar-refractivity contribution in [3.05, 3.63) is 34.2 Å².